The van der Waals surface area contributed by atoms with Crippen molar-refractivity contribution in [2.75, 3.05) is 33.2 Å². The number of aryl methyl sites for hydroxylation is 1. The van der Waals surface area contributed by atoms with Gasteiger partial charge < -0.3 is 10.6 Å². The molecule has 1 saturated heterocycles. The van der Waals surface area contributed by atoms with Crippen LogP contribution in [-0.4, -0.2) is 55.1 Å². The number of hydrogen-bond donors (Lipinski definition) is 2. The number of rotatable bonds is 7. The predicted molar refractivity (Wildman–Crippen MR) is 111 cm³/mol. The summed E-state index contributed by atoms with van der Waals surface area (Å²) >= 11 is 0. The second-order valence-electron chi connectivity index (χ2n) is 7.70. The van der Waals surface area contributed by atoms with Gasteiger partial charge in [0.15, 0.2) is 5.96 Å². The summed E-state index contributed by atoms with van der Waals surface area (Å²) < 4.78 is 0. The summed E-state index contributed by atoms with van der Waals surface area (Å²) in [4.78, 5) is 11.4. The Morgan fingerprint density at radius 3 is 2.46 bits per heavy atom. The first-order chi connectivity index (χ1) is 12.6. The van der Waals surface area contributed by atoms with Crippen molar-refractivity contribution in [2.24, 2.45) is 10.9 Å². The second kappa shape index (κ2) is 11.2. The van der Waals surface area contributed by atoms with Gasteiger partial charge in [0, 0.05) is 38.1 Å². The molecule has 0 spiro atoms. The van der Waals surface area contributed by atoms with Gasteiger partial charge in [-0.3, -0.25) is 14.9 Å². The fourth-order valence-electron chi connectivity index (χ4n) is 3.61. The minimum Gasteiger partial charge on any atom is -0.356 e. The molecule has 1 unspecified atom stereocenters. The van der Waals surface area contributed by atoms with Gasteiger partial charge in [-0.25, -0.2) is 0 Å². The number of aromatic nitrogens is 1. The summed E-state index contributed by atoms with van der Waals surface area (Å²) in [6.07, 6.45) is 8.34. The molecule has 5 heteroatoms. The van der Waals surface area contributed by atoms with E-state index < -0.39 is 0 Å². The van der Waals surface area contributed by atoms with Gasteiger partial charge in [0.2, 0.25) is 0 Å². The Morgan fingerprint density at radius 2 is 1.88 bits per heavy atom. The third kappa shape index (κ3) is 6.94. The molecule has 0 saturated carbocycles. The standard InChI is InChI=1S/C21H37N5/c1-17(2)20(26-13-7-5-6-8-14-26)16-25-21(22-4)23-12-11-19-10-9-18(3)24-15-19/h9-10,15,17,20H,5-8,11-14,16H2,1-4H3,(H2,22,23,25). The third-order valence-electron chi connectivity index (χ3n) is 5.26. The number of nitrogens with one attached hydrogen (secondary N) is 2. The molecule has 0 radical (unpaired) electrons. The quantitative estimate of drug-likeness (QED) is 0.580. The van der Waals surface area contributed by atoms with E-state index in [0.29, 0.717) is 12.0 Å². The number of pyridine rings is 1. The highest BCUT2D eigenvalue weighted by Gasteiger charge is 2.22. The highest BCUT2D eigenvalue weighted by atomic mass is 15.2. The number of nitrogens with zero attached hydrogens (tertiary/aromatic N) is 3. The Morgan fingerprint density at radius 1 is 1.15 bits per heavy atom. The van der Waals surface area contributed by atoms with Crippen LogP contribution in [0.25, 0.3) is 0 Å². The zero-order chi connectivity index (χ0) is 18.8. The van der Waals surface area contributed by atoms with E-state index in [1.807, 2.05) is 20.2 Å². The molecule has 2 N–H and O–H groups in total. The van der Waals surface area contributed by atoms with Crippen molar-refractivity contribution in [3.05, 3.63) is 29.6 Å². The van der Waals surface area contributed by atoms with E-state index in [4.69, 9.17) is 0 Å². The van der Waals surface area contributed by atoms with E-state index in [1.54, 1.807) is 0 Å². The minimum absolute atomic E-state index is 0.563. The lowest BCUT2D eigenvalue weighted by Gasteiger charge is -2.34. The van der Waals surface area contributed by atoms with Crippen LogP contribution in [0.2, 0.25) is 0 Å². The van der Waals surface area contributed by atoms with Crippen molar-refractivity contribution in [1.82, 2.24) is 20.5 Å². The third-order valence-corrected chi connectivity index (χ3v) is 5.26. The van der Waals surface area contributed by atoms with Crippen LogP contribution in [0.3, 0.4) is 0 Å². The van der Waals surface area contributed by atoms with E-state index in [2.05, 4.69) is 51.5 Å². The molecule has 0 aliphatic carbocycles. The van der Waals surface area contributed by atoms with Gasteiger partial charge >= 0.3 is 0 Å². The van der Waals surface area contributed by atoms with Crippen molar-refractivity contribution in [2.45, 2.75) is 58.9 Å². The predicted octanol–water partition coefficient (Wildman–Crippen LogP) is 3.00. The molecule has 1 aromatic rings. The van der Waals surface area contributed by atoms with E-state index >= 15 is 0 Å². The molecule has 1 atom stereocenters. The summed E-state index contributed by atoms with van der Waals surface area (Å²) in [5.74, 6) is 1.53. The molecule has 0 bridgehead atoms. The van der Waals surface area contributed by atoms with Crippen LogP contribution in [0, 0.1) is 12.8 Å². The number of aliphatic imine (C=N–C) groups is 1. The molecule has 5 nitrogen and oxygen atoms in total. The average Bonchev–Trinajstić information content (AvgIpc) is 2.91. The topological polar surface area (TPSA) is 52.6 Å². The van der Waals surface area contributed by atoms with Crippen LogP contribution in [0.15, 0.2) is 23.3 Å². The maximum absolute atomic E-state index is 4.39. The first kappa shape index (κ1) is 20.7. The van der Waals surface area contributed by atoms with Crippen LogP contribution >= 0.6 is 0 Å². The first-order valence-corrected chi connectivity index (χ1v) is 10.2. The van der Waals surface area contributed by atoms with Gasteiger partial charge in [-0.1, -0.05) is 32.8 Å². The zero-order valence-electron chi connectivity index (χ0n) is 17.1. The molecular weight excluding hydrogens is 322 g/mol. The molecule has 1 fully saturated rings. The Labute approximate surface area is 159 Å². The highest BCUT2D eigenvalue weighted by molar-refractivity contribution is 5.79. The van der Waals surface area contributed by atoms with Gasteiger partial charge in [0.05, 0.1) is 0 Å². The van der Waals surface area contributed by atoms with E-state index in [0.717, 1.165) is 31.2 Å². The lowest BCUT2D eigenvalue weighted by atomic mass is 10.0. The number of hydrogen-bond acceptors (Lipinski definition) is 3. The second-order valence-corrected chi connectivity index (χ2v) is 7.70. The van der Waals surface area contributed by atoms with Crippen molar-refractivity contribution in [3.63, 3.8) is 0 Å². The number of likely N-dealkylation sites (tertiary alicyclic amines) is 1. The molecule has 2 rings (SSSR count). The molecular formula is C21H37N5. The minimum atomic E-state index is 0.563. The SMILES string of the molecule is CN=C(NCCc1ccc(C)nc1)NCC(C(C)C)N1CCCCCC1. The van der Waals surface area contributed by atoms with Crippen molar-refractivity contribution >= 4 is 5.96 Å². The summed E-state index contributed by atoms with van der Waals surface area (Å²) in [6.45, 7) is 11.0. The molecule has 0 amide bonds. The molecule has 1 aliphatic heterocycles. The molecule has 1 aromatic heterocycles. The van der Waals surface area contributed by atoms with Gasteiger partial charge in [-0.2, -0.15) is 0 Å². The van der Waals surface area contributed by atoms with Crippen LogP contribution in [0.4, 0.5) is 0 Å². The maximum Gasteiger partial charge on any atom is 0.191 e. The van der Waals surface area contributed by atoms with Crippen LogP contribution in [0.1, 0.15) is 50.8 Å². The van der Waals surface area contributed by atoms with Gasteiger partial charge in [-0.05, 0) is 56.8 Å². The van der Waals surface area contributed by atoms with Crippen molar-refractivity contribution < 1.29 is 0 Å². The Balaban J connectivity index is 1.78. The average molecular weight is 360 g/mol. The monoisotopic (exact) mass is 359 g/mol. The fraction of sp³-hybridized carbons (Fsp3) is 0.714. The summed E-state index contributed by atoms with van der Waals surface area (Å²) in [5, 5.41) is 6.98. The van der Waals surface area contributed by atoms with E-state index in [9.17, 15) is 0 Å². The molecule has 2 heterocycles. The molecule has 1 aliphatic rings. The maximum atomic E-state index is 4.39. The van der Waals surface area contributed by atoms with Crippen LogP contribution < -0.4 is 10.6 Å². The number of guanidine groups is 1. The van der Waals surface area contributed by atoms with Gasteiger partial charge in [0.25, 0.3) is 0 Å². The zero-order valence-corrected chi connectivity index (χ0v) is 17.1. The summed E-state index contributed by atoms with van der Waals surface area (Å²) in [7, 11) is 1.85. The van der Waals surface area contributed by atoms with Crippen molar-refractivity contribution in [1.29, 1.82) is 0 Å². The summed E-state index contributed by atoms with van der Waals surface area (Å²) in [6, 6.07) is 4.78. The first-order valence-electron chi connectivity index (χ1n) is 10.2. The van der Waals surface area contributed by atoms with Gasteiger partial charge in [-0.15, -0.1) is 0 Å². The molecule has 146 valence electrons. The lowest BCUT2D eigenvalue weighted by molar-refractivity contribution is 0.161. The fourth-order valence-corrected chi connectivity index (χ4v) is 3.61. The molecule has 0 aromatic carbocycles. The lowest BCUT2D eigenvalue weighted by Crippen LogP contribution is -2.50. The van der Waals surface area contributed by atoms with Crippen molar-refractivity contribution in [3.8, 4) is 0 Å². The van der Waals surface area contributed by atoms with E-state index in [1.165, 1.54) is 44.3 Å². The smallest absolute Gasteiger partial charge is 0.191 e. The van der Waals surface area contributed by atoms with Crippen LogP contribution in [0.5, 0.6) is 0 Å². The van der Waals surface area contributed by atoms with Gasteiger partial charge in [0.1, 0.15) is 0 Å². The largest absolute Gasteiger partial charge is 0.356 e. The Kier molecular flexibility index (Phi) is 8.89. The molecule has 26 heavy (non-hydrogen) atoms. The van der Waals surface area contributed by atoms with Crippen LogP contribution in [-0.2, 0) is 6.42 Å². The Hall–Kier alpha value is -1.62. The van der Waals surface area contributed by atoms with E-state index in [-0.39, 0.29) is 0 Å². The summed E-state index contributed by atoms with van der Waals surface area (Å²) in [5.41, 5.74) is 2.32. The normalized spacial score (nSPS) is 17.8. The highest BCUT2D eigenvalue weighted by Crippen LogP contribution is 2.17. The Bertz CT molecular complexity index is 530.